The first kappa shape index (κ1) is 21.8. The Morgan fingerprint density at radius 2 is 1.81 bits per heavy atom. The maximum absolute atomic E-state index is 12.9. The number of rotatable bonds is 6. The fourth-order valence-corrected chi connectivity index (χ4v) is 6.11. The standard InChI is InChI=1S/C23H25N3O3S2/c1-16-14-22(30-17(2)23(27)24-18-8-4-3-5-9-18)25-21-11-10-19(15-20(16)21)31(28,29)26-12-6-7-13-26/h3-5,8-11,14-15,17H,6-7,12-13H2,1-2H3,(H,24,27)/t17-/m0/s1. The molecule has 0 aliphatic carbocycles. The maximum Gasteiger partial charge on any atom is 0.243 e. The van der Waals surface area contributed by atoms with Gasteiger partial charge in [0.15, 0.2) is 0 Å². The van der Waals surface area contributed by atoms with Crippen LogP contribution in [-0.2, 0) is 14.8 Å². The molecule has 1 N–H and O–H groups in total. The number of nitrogens with zero attached hydrogens (tertiary/aromatic N) is 2. The van der Waals surface area contributed by atoms with Crippen LogP contribution in [0.3, 0.4) is 0 Å². The van der Waals surface area contributed by atoms with E-state index in [1.54, 1.807) is 22.5 Å². The summed E-state index contributed by atoms with van der Waals surface area (Å²) in [6.07, 6.45) is 1.81. The zero-order valence-electron chi connectivity index (χ0n) is 17.5. The molecule has 162 valence electrons. The predicted octanol–water partition coefficient (Wildman–Crippen LogP) is 4.45. The first-order chi connectivity index (χ1) is 14.8. The molecule has 0 radical (unpaired) electrons. The average molecular weight is 456 g/mol. The van der Waals surface area contributed by atoms with E-state index in [1.807, 2.05) is 50.2 Å². The van der Waals surface area contributed by atoms with Gasteiger partial charge in [-0.1, -0.05) is 30.0 Å². The van der Waals surface area contributed by atoms with E-state index < -0.39 is 10.0 Å². The number of carbonyl (C=O) groups is 1. The van der Waals surface area contributed by atoms with Crippen molar-refractivity contribution in [3.8, 4) is 0 Å². The second kappa shape index (κ2) is 8.98. The van der Waals surface area contributed by atoms with Crippen LogP contribution in [0.25, 0.3) is 10.9 Å². The second-order valence-electron chi connectivity index (χ2n) is 7.68. The molecule has 1 aliphatic heterocycles. The van der Waals surface area contributed by atoms with Crippen LogP contribution in [0.5, 0.6) is 0 Å². The molecule has 6 nitrogen and oxygen atoms in total. The number of thioether (sulfide) groups is 1. The lowest BCUT2D eigenvalue weighted by atomic mass is 10.1. The van der Waals surface area contributed by atoms with E-state index in [4.69, 9.17) is 0 Å². The van der Waals surface area contributed by atoms with Crippen molar-refractivity contribution in [2.75, 3.05) is 18.4 Å². The van der Waals surface area contributed by atoms with E-state index >= 15 is 0 Å². The lowest BCUT2D eigenvalue weighted by Crippen LogP contribution is -2.27. The number of carbonyl (C=O) groups excluding carboxylic acids is 1. The normalized spacial score (nSPS) is 15.8. The largest absolute Gasteiger partial charge is 0.325 e. The van der Waals surface area contributed by atoms with Gasteiger partial charge in [-0.3, -0.25) is 4.79 Å². The fraction of sp³-hybridized carbons (Fsp3) is 0.304. The number of aromatic nitrogens is 1. The lowest BCUT2D eigenvalue weighted by molar-refractivity contribution is -0.115. The average Bonchev–Trinajstić information content (AvgIpc) is 3.30. The highest BCUT2D eigenvalue weighted by Gasteiger charge is 2.27. The van der Waals surface area contributed by atoms with Crippen LogP contribution in [-0.4, -0.2) is 42.0 Å². The van der Waals surface area contributed by atoms with Gasteiger partial charge in [0, 0.05) is 24.2 Å². The number of benzene rings is 2. The first-order valence-corrected chi connectivity index (χ1v) is 12.6. The molecular weight excluding hydrogens is 430 g/mol. The molecular formula is C23H25N3O3S2. The Hall–Kier alpha value is -2.42. The first-order valence-electron chi connectivity index (χ1n) is 10.3. The van der Waals surface area contributed by atoms with Crippen molar-refractivity contribution in [3.63, 3.8) is 0 Å². The smallest absolute Gasteiger partial charge is 0.243 e. The van der Waals surface area contributed by atoms with Crippen LogP contribution in [0.4, 0.5) is 5.69 Å². The Balaban J connectivity index is 1.54. The lowest BCUT2D eigenvalue weighted by Gasteiger charge is -2.16. The van der Waals surface area contributed by atoms with Crippen molar-refractivity contribution in [2.24, 2.45) is 0 Å². The number of para-hydroxylation sites is 1. The fourth-order valence-electron chi connectivity index (χ4n) is 3.64. The summed E-state index contributed by atoms with van der Waals surface area (Å²) in [5.74, 6) is -0.0946. The molecule has 1 atom stereocenters. The molecule has 1 aliphatic rings. The molecule has 2 aromatic carbocycles. The van der Waals surface area contributed by atoms with E-state index in [0.717, 1.165) is 40.0 Å². The maximum atomic E-state index is 12.9. The minimum atomic E-state index is -3.47. The monoisotopic (exact) mass is 455 g/mol. The molecule has 4 rings (SSSR count). The third kappa shape index (κ3) is 4.76. The Morgan fingerprint density at radius 1 is 1.10 bits per heavy atom. The van der Waals surface area contributed by atoms with Crippen molar-refractivity contribution in [3.05, 3.63) is 60.2 Å². The molecule has 2 heterocycles. The second-order valence-corrected chi connectivity index (χ2v) is 11.0. The zero-order valence-corrected chi connectivity index (χ0v) is 19.2. The van der Waals surface area contributed by atoms with Gasteiger partial charge in [0.25, 0.3) is 0 Å². The Kier molecular flexibility index (Phi) is 6.31. The molecule has 1 saturated heterocycles. The van der Waals surface area contributed by atoms with Gasteiger partial charge in [0.1, 0.15) is 0 Å². The summed E-state index contributed by atoms with van der Waals surface area (Å²) in [5.41, 5.74) is 2.41. The molecule has 31 heavy (non-hydrogen) atoms. The van der Waals surface area contributed by atoms with Crippen molar-refractivity contribution < 1.29 is 13.2 Å². The van der Waals surface area contributed by atoms with Crippen LogP contribution < -0.4 is 5.32 Å². The topological polar surface area (TPSA) is 79.4 Å². The minimum Gasteiger partial charge on any atom is -0.325 e. The quantitative estimate of drug-likeness (QED) is 0.556. The van der Waals surface area contributed by atoms with E-state index in [1.165, 1.54) is 11.8 Å². The van der Waals surface area contributed by atoms with Gasteiger partial charge in [-0.15, -0.1) is 0 Å². The molecule has 0 bridgehead atoms. The van der Waals surface area contributed by atoms with E-state index in [2.05, 4.69) is 10.3 Å². The Labute approximate surface area is 187 Å². The van der Waals surface area contributed by atoms with Gasteiger partial charge >= 0.3 is 0 Å². The van der Waals surface area contributed by atoms with Crippen LogP contribution in [0.2, 0.25) is 0 Å². The predicted molar refractivity (Wildman–Crippen MR) is 125 cm³/mol. The van der Waals surface area contributed by atoms with E-state index in [-0.39, 0.29) is 11.2 Å². The Morgan fingerprint density at radius 3 is 2.52 bits per heavy atom. The van der Waals surface area contributed by atoms with Crippen LogP contribution in [0.15, 0.2) is 64.5 Å². The van der Waals surface area contributed by atoms with Crippen LogP contribution >= 0.6 is 11.8 Å². The summed E-state index contributed by atoms with van der Waals surface area (Å²) >= 11 is 1.38. The third-order valence-corrected chi connectivity index (χ3v) is 8.29. The minimum absolute atomic E-state index is 0.0946. The highest BCUT2D eigenvalue weighted by Crippen LogP contribution is 2.30. The number of hydrogen-bond acceptors (Lipinski definition) is 5. The van der Waals surface area contributed by atoms with Gasteiger partial charge in [-0.2, -0.15) is 4.31 Å². The molecule has 0 spiro atoms. The number of nitrogens with one attached hydrogen (secondary N) is 1. The summed E-state index contributed by atoms with van der Waals surface area (Å²) < 4.78 is 27.3. The van der Waals surface area contributed by atoms with Gasteiger partial charge in [0.2, 0.25) is 15.9 Å². The number of sulfonamides is 1. The summed E-state index contributed by atoms with van der Waals surface area (Å²) in [4.78, 5) is 17.5. The van der Waals surface area contributed by atoms with Crippen molar-refractivity contribution in [2.45, 2.75) is 41.9 Å². The number of amides is 1. The van der Waals surface area contributed by atoms with Gasteiger partial charge in [0.05, 0.1) is 20.7 Å². The van der Waals surface area contributed by atoms with E-state index in [9.17, 15) is 13.2 Å². The zero-order chi connectivity index (χ0) is 22.0. The van der Waals surface area contributed by atoms with Gasteiger partial charge < -0.3 is 5.32 Å². The van der Waals surface area contributed by atoms with Crippen molar-refractivity contribution >= 4 is 44.3 Å². The summed E-state index contributed by atoms with van der Waals surface area (Å²) in [6.45, 7) is 4.94. The summed E-state index contributed by atoms with van der Waals surface area (Å²) in [6, 6.07) is 16.4. The third-order valence-electron chi connectivity index (χ3n) is 5.37. The molecule has 1 amide bonds. The molecule has 1 aromatic heterocycles. The molecule has 0 unspecified atom stereocenters. The molecule has 0 saturated carbocycles. The highest BCUT2D eigenvalue weighted by atomic mass is 32.2. The van der Waals surface area contributed by atoms with Crippen LogP contribution in [0.1, 0.15) is 25.3 Å². The SMILES string of the molecule is Cc1cc(S[C@@H](C)C(=O)Nc2ccccc2)nc2ccc(S(=O)(=O)N3CCCC3)cc12. The summed E-state index contributed by atoms with van der Waals surface area (Å²) in [5, 5.41) is 4.12. The number of aryl methyl sites for hydroxylation is 1. The number of fused-ring (bicyclic) bond motifs is 1. The molecule has 3 aromatic rings. The van der Waals surface area contributed by atoms with Gasteiger partial charge in [-0.05, 0) is 68.7 Å². The Bertz CT molecular complexity index is 1210. The van der Waals surface area contributed by atoms with Crippen molar-refractivity contribution in [1.29, 1.82) is 0 Å². The molecule has 8 heteroatoms. The van der Waals surface area contributed by atoms with Crippen LogP contribution in [0, 0.1) is 6.92 Å². The number of hydrogen-bond donors (Lipinski definition) is 1. The highest BCUT2D eigenvalue weighted by molar-refractivity contribution is 8.00. The number of anilines is 1. The van der Waals surface area contributed by atoms with Gasteiger partial charge in [-0.25, -0.2) is 13.4 Å². The number of pyridine rings is 1. The van der Waals surface area contributed by atoms with E-state index in [0.29, 0.717) is 18.0 Å². The van der Waals surface area contributed by atoms with Crippen molar-refractivity contribution in [1.82, 2.24) is 9.29 Å². The summed E-state index contributed by atoms with van der Waals surface area (Å²) in [7, 11) is -3.47. The molecule has 1 fully saturated rings.